The minimum Gasteiger partial charge on any atom is -0.379 e. The number of anilines is 1. The van der Waals surface area contributed by atoms with E-state index in [1.165, 1.54) is 12.1 Å². The molecule has 0 atom stereocenters. The fourth-order valence-electron chi connectivity index (χ4n) is 3.66. The van der Waals surface area contributed by atoms with Crippen molar-refractivity contribution in [1.29, 1.82) is 0 Å². The Morgan fingerprint density at radius 2 is 1.97 bits per heavy atom. The van der Waals surface area contributed by atoms with Crippen molar-refractivity contribution in [3.05, 3.63) is 48.3 Å². The van der Waals surface area contributed by atoms with E-state index in [0.717, 1.165) is 70.2 Å². The standard InChI is InChI=1S/C24H28FN3O2S3.ClH/c1-31-20-4-2-5-21-23(20)26-24(33-21)28(12-11-27-13-15-30-16-14-27)22(29)6-3-17-32-19-9-7-18(25)8-10-19;/h2,4-5,7-10H,3,6,11-17H2,1H3;1H. The fourth-order valence-corrected chi connectivity index (χ4v) is 6.18. The third-order valence-corrected chi connectivity index (χ3v) is 8.39. The molecule has 0 saturated carbocycles. The van der Waals surface area contributed by atoms with Gasteiger partial charge in [-0.25, -0.2) is 9.37 Å². The van der Waals surface area contributed by atoms with Crippen molar-refractivity contribution in [2.75, 3.05) is 56.3 Å². The van der Waals surface area contributed by atoms with Crippen LogP contribution in [0.5, 0.6) is 0 Å². The number of amides is 1. The van der Waals surface area contributed by atoms with Crippen molar-refractivity contribution in [3.63, 3.8) is 0 Å². The van der Waals surface area contributed by atoms with Crippen LogP contribution < -0.4 is 4.90 Å². The number of hydrogen-bond donors (Lipinski definition) is 0. The van der Waals surface area contributed by atoms with Gasteiger partial charge in [0.2, 0.25) is 5.91 Å². The summed E-state index contributed by atoms with van der Waals surface area (Å²) in [5.74, 6) is 0.684. The second-order valence-corrected chi connectivity index (χ2v) is 10.7. The average molecular weight is 542 g/mol. The van der Waals surface area contributed by atoms with Crippen LogP contribution in [0.25, 0.3) is 10.2 Å². The number of thiazole rings is 1. The first kappa shape index (κ1) is 27.2. The molecule has 2 heterocycles. The molecule has 1 saturated heterocycles. The molecule has 1 aromatic heterocycles. The largest absolute Gasteiger partial charge is 0.379 e. The van der Waals surface area contributed by atoms with Crippen LogP contribution in [0, 0.1) is 5.82 Å². The summed E-state index contributed by atoms with van der Waals surface area (Å²) in [5, 5.41) is 0.774. The number of benzene rings is 2. The molecule has 34 heavy (non-hydrogen) atoms. The topological polar surface area (TPSA) is 45.7 Å². The quantitative estimate of drug-likeness (QED) is 0.238. The molecule has 184 valence electrons. The van der Waals surface area contributed by atoms with E-state index >= 15 is 0 Å². The molecule has 0 aliphatic carbocycles. The van der Waals surface area contributed by atoms with Crippen molar-refractivity contribution in [2.24, 2.45) is 0 Å². The van der Waals surface area contributed by atoms with Gasteiger partial charge in [-0.1, -0.05) is 17.4 Å². The fraction of sp³-hybridized carbons (Fsp3) is 0.417. The molecule has 1 aliphatic rings. The maximum Gasteiger partial charge on any atom is 0.228 e. The number of fused-ring (bicyclic) bond motifs is 1. The third-order valence-electron chi connectivity index (χ3n) is 5.48. The second kappa shape index (κ2) is 13.7. The van der Waals surface area contributed by atoms with E-state index < -0.39 is 0 Å². The molecular weight excluding hydrogens is 513 g/mol. The van der Waals surface area contributed by atoms with Gasteiger partial charge in [0.1, 0.15) is 5.82 Å². The van der Waals surface area contributed by atoms with Crippen molar-refractivity contribution in [1.82, 2.24) is 9.88 Å². The third kappa shape index (κ3) is 7.32. The summed E-state index contributed by atoms with van der Waals surface area (Å²) in [7, 11) is 0. The first-order chi connectivity index (χ1) is 16.1. The molecule has 1 amide bonds. The van der Waals surface area contributed by atoms with Crippen LogP contribution in [0.3, 0.4) is 0 Å². The monoisotopic (exact) mass is 541 g/mol. The van der Waals surface area contributed by atoms with E-state index in [1.807, 2.05) is 17.2 Å². The molecule has 0 N–H and O–H groups in total. The van der Waals surface area contributed by atoms with Gasteiger partial charge in [0.05, 0.1) is 23.4 Å². The molecule has 0 spiro atoms. The highest BCUT2D eigenvalue weighted by atomic mass is 35.5. The van der Waals surface area contributed by atoms with Gasteiger partial charge in [0, 0.05) is 42.4 Å². The maximum atomic E-state index is 13.3. The zero-order chi connectivity index (χ0) is 23.0. The number of para-hydroxylation sites is 1. The molecular formula is C24H29ClFN3O2S3. The summed E-state index contributed by atoms with van der Waals surface area (Å²) >= 11 is 4.91. The Morgan fingerprint density at radius 3 is 2.71 bits per heavy atom. The van der Waals surface area contributed by atoms with Crippen LogP contribution >= 0.6 is 47.3 Å². The Bertz CT molecular complexity index is 1060. The molecule has 1 aliphatic heterocycles. The minimum atomic E-state index is -0.231. The van der Waals surface area contributed by atoms with Gasteiger partial charge in [-0.2, -0.15) is 0 Å². The Balaban J connectivity index is 0.00000324. The summed E-state index contributed by atoms with van der Waals surface area (Å²) in [6.07, 6.45) is 3.27. The van der Waals surface area contributed by atoms with Gasteiger partial charge in [-0.05, 0) is 54.8 Å². The highest BCUT2D eigenvalue weighted by molar-refractivity contribution is 7.99. The van der Waals surface area contributed by atoms with Gasteiger partial charge >= 0.3 is 0 Å². The van der Waals surface area contributed by atoms with Crippen molar-refractivity contribution < 1.29 is 13.9 Å². The van der Waals surface area contributed by atoms with Crippen LogP contribution in [0.1, 0.15) is 12.8 Å². The van der Waals surface area contributed by atoms with Crippen LogP contribution in [0.15, 0.2) is 52.3 Å². The zero-order valence-electron chi connectivity index (χ0n) is 19.1. The first-order valence-corrected chi connectivity index (χ1v) is 14.1. The molecule has 2 aromatic carbocycles. The summed E-state index contributed by atoms with van der Waals surface area (Å²) in [6, 6.07) is 12.7. The van der Waals surface area contributed by atoms with Gasteiger partial charge < -0.3 is 4.74 Å². The van der Waals surface area contributed by atoms with Crippen LogP contribution in [0.4, 0.5) is 9.52 Å². The van der Waals surface area contributed by atoms with Crippen LogP contribution in [-0.4, -0.2) is 67.2 Å². The number of aromatic nitrogens is 1. The molecule has 0 unspecified atom stereocenters. The molecule has 3 aromatic rings. The van der Waals surface area contributed by atoms with Gasteiger partial charge in [0.15, 0.2) is 5.13 Å². The lowest BCUT2D eigenvalue weighted by Gasteiger charge is -2.29. The highest BCUT2D eigenvalue weighted by Gasteiger charge is 2.22. The number of hydrogen-bond acceptors (Lipinski definition) is 7. The lowest BCUT2D eigenvalue weighted by atomic mass is 10.3. The summed E-state index contributed by atoms with van der Waals surface area (Å²) < 4.78 is 19.6. The number of ether oxygens (including phenoxy) is 1. The van der Waals surface area contributed by atoms with Crippen LogP contribution in [-0.2, 0) is 9.53 Å². The van der Waals surface area contributed by atoms with E-state index in [2.05, 4.69) is 17.0 Å². The number of carbonyl (C=O) groups is 1. The molecule has 0 radical (unpaired) electrons. The Kier molecular flexibility index (Phi) is 10.9. The van der Waals surface area contributed by atoms with Gasteiger partial charge in [0.25, 0.3) is 0 Å². The summed E-state index contributed by atoms with van der Waals surface area (Å²) in [6.45, 7) is 4.71. The smallest absolute Gasteiger partial charge is 0.228 e. The first-order valence-electron chi connectivity index (χ1n) is 11.1. The molecule has 1 fully saturated rings. The average Bonchev–Trinajstić information content (AvgIpc) is 3.28. The number of nitrogens with zero attached hydrogens (tertiary/aromatic N) is 3. The van der Waals surface area contributed by atoms with Crippen LogP contribution in [0.2, 0.25) is 0 Å². The maximum absolute atomic E-state index is 13.3. The molecule has 4 rings (SSSR count). The van der Waals surface area contributed by atoms with Crippen molar-refractivity contribution in [3.8, 4) is 0 Å². The normalized spacial score (nSPS) is 14.2. The molecule has 0 bridgehead atoms. The van der Waals surface area contributed by atoms with E-state index in [9.17, 15) is 9.18 Å². The lowest BCUT2D eigenvalue weighted by molar-refractivity contribution is -0.118. The van der Waals surface area contributed by atoms with Gasteiger partial charge in [-0.15, -0.1) is 35.9 Å². The second-order valence-electron chi connectivity index (χ2n) is 7.71. The Labute approximate surface area is 218 Å². The zero-order valence-corrected chi connectivity index (χ0v) is 22.3. The van der Waals surface area contributed by atoms with E-state index in [0.29, 0.717) is 13.0 Å². The number of rotatable bonds is 10. The van der Waals surface area contributed by atoms with Gasteiger partial charge in [-0.3, -0.25) is 14.6 Å². The number of halogens is 2. The molecule has 5 nitrogen and oxygen atoms in total. The SMILES string of the molecule is CSc1cccc2sc(N(CCN3CCOCC3)C(=O)CCCSc3ccc(F)cc3)nc12.Cl. The number of carbonyl (C=O) groups excluding carboxylic acids is 1. The Morgan fingerprint density at radius 1 is 1.21 bits per heavy atom. The minimum absolute atomic E-state index is 0. The predicted octanol–water partition coefficient (Wildman–Crippen LogP) is 5.82. The lowest BCUT2D eigenvalue weighted by Crippen LogP contribution is -2.43. The van der Waals surface area contributed by atoms with Crippen molar-refractivity contribution >= 4 is 68.5 Å². The summed E-state index contributed by atoms with van der Waals surface area (Å²) in [5.41, 5.74) is 0.973. The van der Waals surface area contributed by atoms with E-state index in [4.69, 9.17) is 9.72 Å². The predicted molar refractivity (Wildman–Crippen MR) is 145 cm³/mol. The summed E-state index contributed by atoms with van der Waals surface area (Å²) in [4.78, 5) is 24.5. The number of thioether (sulfide) groups is 2. The number of morpholine rings is 1. The Hall–Kier alpha value is -1.36. The van der Waals surface area contributed by atoms with Crippen molar-refractivity contribution in [2.45, 2.75) is 22.6 Å². The van der Waals surface area contributed by atoms with E-state index in [-0.39, 0.29) is 24.1 Å². The highest BCUT2D eigenvalue weighted by Crippen LogP contribution is 2.34. The van der Waals surface area contributed by atoms with E-state index in [1.54, 1.807) is 47.0 Å². The molecule has 10 heteroatoms.